The molecule has 1 fully saturated rings. The van der Waals surface area contributed by atoms with Gasteiger partial charge in [0.2, 0.25) is 5.95 Å². The van der Waals surface area contributed by atoms with Crippen LogP contribution in [0.25, 0.3) is 5.95 Å². The largest absolute Gasteiger partial charge is 0.335 e. The summed E-state index contributed by atoms with van der Waals surface area (Å²) >= 11 is 0. The molecule has 0 saturated heterocycles. The van der Waals surface area contributed by atoms with E-state index in [9.17, 15) is 9.59 Å². The quantitative estimate of drug-likeness (QED) is 0.772. The van der Waals surface area contributed by atoms with Crippen LogP contribution in [-0.4, -0.2) is 31.8 Å². The summed E-state index contributed by atoms with van der Waals surface area (Å²) in [5, 5.41) is 10.3. The van der Waals surface area contributed by atoms with Gasteiger partial charge >= 0.3 is 6.03 Å². The van der Waals surface area contributed by atoms with Gasteiger partial charge in [-0.1, -0.05) is 19.3 Å². The zero-order chi connectivity index (χ0) is 18.8. The van der Waals surface area contributed by atoms with E-state index >= 15 is 0 Å². The second kappa shape index (κ2) is 7.54. The summed E-state index contributed by atoms with van der Waals surface area (Å²) in [5.41, 5.74) is 2.24. The molecule has 0 unspecified atom stereocenters. The highest BCUT2D eigenvalue weighted by Crippen LogP contribution is 2.20. The number of fused-ring (bicyclic) bond motifs is 1. The topological polar surface area (TPSA) is 105 Å². The molecule has 27 heavy (non-hydrogen) atoms. The lowest BCUT2D eigenvalue weighted by molar-refractivity contribution is 0.244. The zero-order valence-electron chi connectivity index (χ0n) is 15.7. The number of amides is 2. The fraction of sp³-hybridized carbons (Fsp3) is 0.579. The van der Waals surface area contributed by atoms with Crippen molar-refractivity contribution < 1.29 is 4.79 Å². The average molecular weight is 370 g/mol. The van der Waals surface area contributed by atoms with Crippen molar-refractivity contribution in [1.82, 2.24) is 25.1 Å². The van der Waals surface area contributed by atoms with Gasteiger partial charge in [0.25, 0.3) is 5.56 Å². The van der Waals surface area contributed by atoms with Gasteiger partial charge in [0.15, 0.2) is 0 Å². The van der Waals surface area contributed by atoms with Gasteiger partial charge in [-0.3, -0.25) is 15.1 Å². The molecule has 0 atom stereocenters. The lowest BCUT2D eigenvalue weighted by Gasteiger charge is -2.22. The van der Waals surface area contributed by atoms with Gasteiger partial charge in [-0.2, -0.15) is 9.78 Å². The third-order valence-corrected chi connectivity index (χ3v) is 5.39. The number of hydrogen-bond donors (Lipinski definition) is 3. The summed E-state index contributed by atoms with van der Waals surface area (Å²) in [5.74, 6) is 0.849. The highest BCUT2D eigenvalue weighted by molar-refractivity contribution is 5.88. The van der Waals surface area contributed by atoms with E-state index in [0.29, 0.717) is 11.8 Å². The predicted molar refractivity (Wildman–Crippen MR) is 102 cm³/mol. The Morgan fingerprint density at radius 1 is 1.19 bits per heavy atom. The molecule has 2 aromatic heterocycles. The number of nitrogens with zero attached hydrogens (tertiary/aromatic N) is 3. The maximum absolute atomic E-state index is 12.4. The zero-order valence-corrected chi connectivity index (χ0v) is 15.7. The van der Waals surface area contributed by atoms with Crippen LogP contribution in [0.5, 0.6) is 0 Å². The smallest absolute Gasteiger partial charge is 0.320 e. The van der Waals surface area contributed by atoms with Crippen molar-refractivity contribution in [3.63, 3.8) is 0 Å². The Morgan fingerprint density at radius 3 is 2.78 bits per heavy atom. The number of H-pyrrole nitrogens is 1. The van der Waals surface area contributed by atoms with Crippen LogP contribution in [0.15, 0.2) is 10.9 Å². The minimum Gasteiger partial charge on any atom is -0.335 e. The first-order valence-corrected chi connectivity index (χ1v) is 9.87. The van der Waals surface area contributed by atoms with Crippen molar-refractivity contribution in [2.75, 3.05) is 5.32 Å². The summed E-state index contributed by atoms with van der Waals surface area (Å²) in [6.45, 7) is 1.84. The molecule has 0 radical (unpaired) electrons. The van der Waals surface area contributed by atoms with Gasteiger partial charge in [0.05, 0.1) is 11.4 Å². The minimum absolute atomic E-state index is 0.111. The van der Waals surface area contributed by atoms with Crippen LogP contribution in [0, 0.1) is 6.92 Å². The number of aromatic amines is 1. The van der Waals surface area contributed by atoms with Gasteiger partial charge in [-0.25, -0.2) is 9.78 Å². The molecule has 2 aromatic rings. The number of urea groups is 1. The van der Waals surface area contributed by atoms with E-state index in [4.69, 9.17) is 0 Å². The molecule has 3 N–H and O–H groups in total. The lowest BCUT2D eigenvalue weighted by Crippen LogP contribution is -2.39. The normalized spacial score (nSPS) is 17.4. The van der Waals surface area contributed by atoms with Crippen LogP contribution in [0.3, 0.4) is 0 Å². The molecule has 0 spiro atoms. The molecule has 2 amide bonds. The molecule has 4 rings (SSSR count). The first-order valence-electron chi connectivity index (χ1n) is 9.87. The number of aromatic nitrogens is 4. The monoisotopic (exact) mass is 370 g/mol. The second-order valence-corrected chi connectivity index (χ2v) is 7.54. The van der Waals surface area contributed by atoms with E-state index in [-0.39, 0.29) is 17.6 Å². The molecule has 2 heterocycles. The standard InChI is InChI=1S/C19H26N6O2/c1-12-11-16(22-19(27)20-13-7-3-2-4-8-13)25(24-12)18-21-15-10-6-5-9-14(15)17(26)23-18/h11,13H,2-10H2,1H3,(H2,20,22,27)(H,21,23,26). The Hall–Kier alpha value is -2.64. The third-order valence-electron chi connectivity index (χ3n) is 5.39. The van der Waals surface area contributed by atoms with Crippen LogP contribution in [0.2, 0.25) is 0 Å². The first-order chi connectivity index (χ1) is 13.1. The summed E-state index contributed by atoms with van der Waals surface area (Å²) in [7, 11) is 0. The average Bonchev–Trinajstić information content (AvgIpc) is 3.02. The van der Waals surface area contributed by atoms with E-state index in [1.165, 1.54) is 11.1 Å². The first kappa shape index (κ1) is 17.8. The van der Waals surface area contributed by atoms with Crippen molar-refractivity contribution in [2.45, 2.75) is 70.8 Å². The second-order valence-electron chi connectivity index (χ2n) is 7.54. The molecule has 2 aliphatic carbocycles. The summed E-state index contributed by atoms with van der Waals surface area (Å²) < 4.78 is 1.51. The number of nitrogens with one attached hydrogen (secondary N) is 3. The van der Waals surface area contributed by atoms with Crippen LogP contribution >= 0.6 is 0 Å². The van der Waals surface area contributed by atoms with E-state index in [1.54, 1.807) is 6.07 Å². The molecule has 0 aromatic carbocycles. The van der Waals surface area contributed by atoms with E-state index in [2.05, 4.69) is 25.7 Å². The van der Waals surface area contributed by atoms with Crippen LogP contribution in [0.4, 0.5) is 10.6 Å². The van der Waals surface area contributed by atoms with Gasteiger partial charge in [0.1, 0.15) is 5.82 Å². The van der Waals surface area contributed by atoms with Crippen LogP contribution < -0.4 is 16.2 Å². The Kier molecular flexibility index (Phi) is 4.96. The number of carbonyl (C=O) groups is 1. The maximum atomic E-state index is 12.4. The van der Waals surface area contributed by atoms with Crippen molar-refractivity contribution in [1.29, 1.82) is 0 Å². The molecular formula is C19H26N6O2. The Balaban J connectivity index is 1.57. The van der Waals surface area contributed by atoms with Crippen molar-refractivity contribution in [2.24, 2.45) is 0 Å². The van der Waals surface area contributed by atoms with E-state index in [1.807, 2.05) is 6.92 Å². The van der Waals surface area contributed by atoms with Crippen molar-refractivity contribution in [3.05, 3.63) is 33.4 Å². The summed E-state index contributed by atoms with van der Waals surface area (Å²) in [6.07, 6.45) is 9.22. The van der Waals surface area contributed by atoms with Crippen LogP contribution in [0.1, 0.15) is 61.9 Å². The highest BCUT2D eigenvalue weighted by Gasteiger charge is 2.20. The molecule has 1 saturated carbocycles. The summed E-state index contributed by atoms with van der Waals surface area (Å²) in [4.78, 5) is 32.3. The predicted octanol–water partition coefficient (Wildman–Crippen LogP) is 2.60. The fourth-order valence-electron chi connectivity index (χ4n) is 4.03. The number of aryl methyl sites for hydroxylation is 2. The Labute approximate surface area is 157 Å². The lowest BCUT2D eigenvalue weighted by atomic mass is 9.96. The van der Waals surface area contributed by atoms with Gasteiger partial charge in [-0.05, 0) is 45.4 Å². The third kappa shape index (κ3) is 3.89. The van der Waals surface area contributed by atoms with Gasteiger partial charge in [-0.15, -0.1) is 0 Å². The minimum atomic E-state index is -0.247. The molecule has 144 valence electrons. The molecule has 8 nitrogen and oxygen atoms in total. The van der Waals surface area contributed by atoms with Gasteiger partial charge < -0.3 is 5.32 Å². The highest BCUT2D eigenvalue weighted by atomic mass is 16.2. The molecule has 0 bridgehead atoms. The van der Waals surface area contributed by atoms with Crippen molar-refractivity contribution >= 4 is 11.8 Å². The number of anilines is 1. The number of rotatable bonds is 3. The van der Waals surface area contributed by atoms with E-state index in [0.717, 1.165) is 68.3 Å². The summed E-state index contributed by atoms with van der Waals surface area (Å²) in [6, 6.07) is 1.75. The molecular weight excluding hydrogens is 344 g/mol. The SMILES string of the molecule is Cc1cc(NC(=O)NC2CCCCC2)n(-c2nc3c(c(=O)[nH]2)CCCC3)n1. The molecule has 2 aliphatic rings. The number of hydrogen-bond acceptors (Lipinski definition) is 4. The van der Waals surface area contributed by atoms with E-state index < -0.39 is 0 Å². The number of carbonyl (C=O) groups excluding carboxylic acids is 1. The molecule has 0 aliphatic heterocycles. The Bertz CT molecular complexity index is 894. The fourth-order valence-corrected chi connectivity index (χ4v) is 4.03. The van der Waals surface area contributed by atoms with Crippen LogP contribution in [-0.2, 0) is 12.8 Å². The van der Waals surface area contributed by atoms with Crippen molar-refractivity contribution in [3.8, 4) is 5.95 Å². The maximum Gasteiger partial charge on any atom is 0.320 e. The Morgan fingerprint density at radius 2 is 1.96 bits per heavy atom. The van der Waals surface area contributed by atoms with Gasteiger partial charge in [0, 0.05) is 17.7 Å². The molecule has 8 heteroatoms.